The summed E-state index contributed by atoms with van der Waals surface area (Å²) in [4.78, 5) is 46.0. The lowest BCUT2D eigenvalue weighted by Gasteiger charge is -2.35. The summed E-state index contributed by atoms with van der Waals surface area (Å²) in [7, 11) is 0. The van der Waals surface area contributed by atoms with Gasteiger partial charge >= 0.3 is 0 Å². The summed E-state index contributed by atoms with van der Waals surface area (Å²) in [6.07, 6.45) is 1.72. The Labute approximate surface area is 176 Å². The second kappa shape index (κ2) is 8.34. The minimum atomic E-state index is -0.123. The molecule has 1 aromatic carbocycles. The fourth-order valence-corrected chi connectivity index (χ4v) is 4.21. The Kier molecular flexibility index (Phi) is 5.64. The van der Waals surface area contributed by atoms with Gasteiger partial charge in [0.05, 0.1) is 11.7 Å². The number of benzene rings is 1. The lowest BCUT2D eigenvalue weighted by Crippen LogP contribution is -2.50. The van der Waals surface area contributed by atoms with Crippen LogP contribution in [0.15, 0.2) is 46.8 Å². The minimum Gasteiger partial charge on any atom is -0.339 e. The van der Waals surface area contributed by atoms with Crippen molar-refractivity contribution in [1.29, 1.82) is 0 Å². The molecular weight excluding hydrogens is 412 g/mol. The molecule has 29 heavy (non-hydrogen) atoms. The molecular formula is C20H19ClN4O3S. The van der Waals surface area contributed by atoms with E-state index in [2.05, 4.69) is 4.98 Å². The molecule has 0 atom stereocenters. The SMILES string of the molecule is O=C(CCn1cnc2sccc2c1=O)N1CCN(C(=O)c2ccc(Cl)cc2)CC1. The smallest absolute Gasteiger partial charge is 0.262 e. The number of aromatic nitrogens is 2. The normalized spacial score (nSPS) is 14.4. The van der Waals surface area contributed by atoms with E-state index in [4.69, 9.17) is 11.6 Å². The number of piperazine rings is 1. The van der Waals surface area contributed by atoms with Crippen molar-refractivity contribution >= 4 is 45.0 Å². The van der Waals surface area contributed by atoms with Crippen LogP contribution in [0.3, 0.4) is 0 Å². The monoisotopic (exact) mass is 430 g/mol. The maximum absolute atomic E-state index is 12.6. The third kappa shape index (κ3) is 4.18. The van der Waals surface area contributed by atoms with Gasteiger partial charge in [0.15, 0.2) is 0 Å². The highest BCUT2D eigenvalue weighted by Gasteiger charge is 2.24. The van der Waals surface area contributed by atoms with Crippen LogP contribution in [0.4, 0.5) is 0 Å². The largest absolute Gasteiger partial charge is 0.339 e. The molecule has 150 valence electrons. The summed E-state index contributed by atoms with van der Waals surface area (Å²) < 4.78 is 1.48. The van der Waals surface area contributed by atoms with Gasteiger partial charge in [-0.05, 0) is 35.7 Å². The maximum atomic E-state index is 12.6. The van der Waals surface area contributed by atoms with Crippen LogP contribution in [0.5, 0.6) is 0 Å². The number of thiophene rings is 1. The summed E-state index contributed by atoms with van der Waals surface area (Å²) in [5.41, 5.74) is 0.465. The molecule has 0 aliphatic carbocycles. The van der Waals surface area contributed by atoms with Crippen molar-refractivity contribution < 1.29 is 9.59 Å². The number of halogens is 1. The van der Waals surface area contributed by atoms with Crippen molar-refractivity contribution in [2.24, 2.45) is 0 Å². The maximum Gasteiger partial charge on any atom is 0.262 e. The summed E-state index contributed by atoms with van der Waals surface area (Å²) in [6, 6.07) is 8.55. The third-order valence-electron chi connectivity index (χ3n) is 5.03. The summed E-state index contributed by atoms with van der Waals surface area (Å²) >= 11 is 7.29. The van der Waals surface area contributed by atoms with E-state index in [0.29, 0.717) is 53.5 Å². The van der Waals surface area contributed by atoms with Crippen molar-refractivity contribution in [3.05, 3.63) is 63.0 Å². The molecule has 3 heterocycles. The number of hydrogen-bond donors (Lipinski definition) is 0. The Morgan fingerprint density at radius 1 is 1.03 bits per heavy atom. The highest BCUT2D eigenvalue weighted by molar-refractivity contribution is 7.16. The van der Waals surface area contributed by atoms with Gasteiger partial charge < -0.3 is 9.80 Å². The molecule has 9 heteroatoms. The van der Waals surface area contributed by atoms with Crippen molar-refractivity contribution in [2.45, 2.75) is 13.0 Å². The number of aryl methyl sites for hydroxylation is 1. The van der Waals surface area contributed by atoms with Gasteiger partial charge in [0.25, 0.3) is 11.5 Å². The first-order chi connectivity index (χ1) is 14.0. The molecule has 3 aromatic rings. The molecule has 1 fully saturated rings. The molecule has 7 nitrogen and oxygen atoms in total. The van der Waals surface area contributed by atoms with E-state index in [9.17, 15) is 14.4 Å². The van der Waals surface area contributed by atoms with E-state index in [0.717, 1.165) is 0 Å². The Bertz CT molecular complexity index is 1100. The molecule has 2 amide bonds. The van der Waals surface area contributed by atoms with E-state index in [1.54, 1.807) is 40.1 Å². The molecule has 1 aliphatic heterocycles. The zero-order chi connectivity index (χ0) is 20.4. The van der Waals surface area contributed by atoms with Gasteiger partial charge in [0.1, 0.15) is 4.83 Å². The van der Waals surface area contributed by atoms with Crippen LogP contribution in [0.1, 0.15) is 16.8 Å². The van der Waals surface area contributed by atoms with Crippen molar-refractivity contribution in [3.63, 3.8) is 0 Å². The van der Waals surface area contributed by atoms with E-state index in [1.165, 1.54) is 22.2 Å². The van der Waals surface area contributed by atoms with Crippen LogP contribution in [-0.4, -0.2) is 57.3 Å². The van der Waals surface area contributed by atoms with Crippen LogP contribution < -0.4 is 5.56 Å². The van der Waals surface area contributed by atoms with E-state index in [1.807, 2.05) is 5.38 Å². The fraction of sp³-hybridized carbons (Fsp3) is 0.300. The predicted octanol–water partition coefficient (Wildman–Crippen LogP) is 2.49. The van der Waals surface area contributed by atoms with Gasteiger partial charge in [0, 0.05) is 49.7 Å². The molecule has 0 N–H and O–H groups in total. The predicted molar refractivity (Wildman–Crippen MR) is 112 cm³/mol. The van der Waals surface area contributed by atoms with E-state index >= 15 is 0 Å². The lowest BCUT2D eigenvalue weighted by atomic mass is 10.2. The average molecular weight is 431 g/mol. The Hall–Kier alpha value is -2.71. The van der Waals surface area contributed by atoms with Crippen LogP contribution >= 0.6 is 22.9 Å². The molecule has 0 bridgehead atoms. The Morgan fingerprint density at radius 2 is 1.72 bits per heavy atom. The quantitative estimate of drug-likeness (QED) is 0.637. The van der Waals surface area contributed by atoms with Crippen LogP contribution in [0, 0.1) is 0 Å². The number of amides is 2. The molecule has 1 saturated heterocycles. The summed E-state index contributed by atoms with van der Waals surface area (Å²) in [6.45, 7) is 2.22. The molecule has 0 spiro atoms. The topological polar surface area (TPSA) is 75.5 Å². The van der Waals surface area contributed by atoms with Gasteiger partial charge in [-0.2, -0.15) is 0 Å². The van der Waals surface area contributed by atoms with Gasteiger partial charge in [-0.3, -0.25) is 19.0 Å². The first-order valence-electron chi connectivity index (χ1n) is 9.28. The van der Waals surface area contributed by atoms with Crippen LogP contribution in [0.2, 0.25) is 5.02 Å². The van der Waals surface area contributed by atoms with E-state index < -0.39 is 0 Å². The highest BCUT2D eigenvalue weighted by atomic mass is 35.5. The fourth-order valence-electron chi connectivity index (χ4n) is 3.36. The number of hydrogen-bond acceptors (Lipinski definition) is 5. The number of carbonyl (C=O) groups is 2. The van der Waals surface area contributed by atoms with Crippen LogP contribution in [0.25, 0.3) is 10.2 Å². The second-order valence-electron chi connectivity index (χ2n) is 6.81. The second-order valence-corrected chi connectivity index (χ2v) is 8.14. The average Bonchev–Trinajstić information content (AvgIpc) is 3.23. The highest BCUT2D eigenvalue weighted by Crippen LogP contribution is 2.15. The van der Waals surface area contributed by atoms with Gasteiger partial charge in [-0.15, -0.1) is 11.3 Å². The van der Waals surface area contributed by atoms with Crippen molar-refractivity contribution in [3.8, 4) is 0 Å². The van der Waals surface area contributed by atoms with Crippen molar-refractivity contribution in [1.82, 2.24) is 19.4 Å². The molecule has 4 rings (SSSR count). The first-order valence-corrected chi connectivity index (χ1v) is 10.5. The van der Waals surface area contributed by atoms with Crippen LogP contribution in [-0.2, 0) is 11.3 Å². The number of rotatable bonds is 4. The molecule has 2 aromatic heterocycles. The van der Waals surface area contributed by atoms with Crippen molar-refractivity contribution in [2.75, 3.05) is 26.2 Å². The molecule has 0 radical (unpaired) electrons. The zero-order valence-electron chi connectivity index (χ0n) is 15.6. The summed E-state index contributed by atoms with van der Waals surface area (Å²) in [5, 5.41) is 3.00. The molecule has 0 saturated carbocycles. The minimum absolute atomic E-state index is 0.0269. The Morgan fingerprint density at radius 3 is 2.45 bits per heavy atom. The molecule has 0 unspecified atom stereocenters. The number of fused-ring (bicyclic) bond motifs is 1. The van der Waals surface area contributed by atoms with Gasteiger partial charge in [-0.25, -0.2) is 4.98 Å². The van der Waals surface area contributed by atoms with Gasteiger partial charge in [-0.1, -0.05) is 11.6 Å². The Balaban J connectivity index is 1.31. The standard InChI is InChI=1S/C20H19ClN4O3S/c21-15-3-1-14(2-4-15)19(27)24-10-8-23(9-11-24)17(26)5-7-25-13-22-18-16(20(25)28)6-12-29-18/h1-4,6,12-13H,5,7-11H2. The number of nitrogens with zero attached hydrogens (tertiary/aromatic N) is 4. The lowest BCUT2D eigenvalue weighted by molar-refractivity contribution is -0.132. The molecule has 1 aliphatic rings. The number of carbonyl (C=O) groups excluding carboxylic acids is 2. The van der Waals surface area contributed by atoms with E-state index in [-0.39, 0.29) is 23.8 Å². The summed E-state index contributed by atoms with van der Waals surface area (Å²) in [5.74, 6) is -0.0867. The third-order valence-corrected chi connectivity index (χ3v) is 6.10. The zero-order valence-corrected chi connectivity index (χ0v) is 17.2. The van der Waals surface area contributed by atoms with Gasteiger partial charge in [0.2, 0.25) is 5.91 Å². The first kappa shape index (κ1) is 19.6.